The summed E-state index contributed by atoms with van der Waals surface area (Å²) in [6.45, 7) is 1.04. The molecule has 1 heterocycles. The summed E-state index contributed by atoms with van der Waals surface area (Å²) in [5.41, 5.74) is 0.899. The Balaban J connectivity index is 1.62. The fourth-order valence-corrected chi connectivity index (χ4v) is 2.29. The largest absolute Gasteiger partial charge is 0.491 e. The molecule has 4 heteroatoms. The van der Waals surface area contributed by atoms with Crippen LogP contribution in [-0.4, -0.2) is 31.8 Å². The SMILES string of the molecule is O=C1COC(COc2ccccc2)CN1c1ccccc1. The number of ether oxygens (including phenoxy) is 2. The number of carbonyl (C=O) groups excluding carboxylic acids is 1. The molecule has 21 heavy (non-hydrogen) atoms. The van der Waals surface area contributed by atoms with E-state index >= 15 is 0 Å². The van der Waals surface area contributed by atoms with Crippen LogP contribution in [0.25, 0.3) is 0 Å². The highest BCUT2D eigenvalue weighted by Gasteiger charge is 2.27. The zero-order chi connectivity index (χ0) is 14.5. The molecule has 4 nitrogen and oxygen atoms in total. The molecule has 0 aliphatic carbocycles. The molecule has 1 aliphatic rings. The Morgan fingerprint density at radius 1 is 1.05 bits per heavy atom. The molecule has 1 saturated heterocycles. The number of hydrogen-bond donors (Lipinski definition) is 0. The average Bonchev–Trinajstić information content (AvgIpc) is 2.56. The van der Waals surface area contributed by atoms with Gasteiger partial charge in [0, 0.05) is 5.69 Å². The van der Waals surface area contributed by atoms with Gasteiger partial charge in [0.05, 0.1) is 6.54 Å². The normalized spacial score (nSPS) is 18.6. The van der Waals surface area contributed by atoms with Gasteiger partial charge < -0.3 is 14.4 Å². The molecule has 2 aromatic rings. The Morgan fingerprint density at radius 3 is 2.43 bits per heavy atom. The number of para-hydroxylation sites is 2. The molecule has 1 fully saturated rings. The highest BCUT2D eigenvalue weighted by atomic mass is 16.5. The van der Waals surface area contributed by atoms with Crippen LogP contribution in [0.5, 0.6) is 5.75 Å². The summed E-state index contributed by atoms with van der Waals surface area (Å²) in [5, 5.41) is 0. The second-order valence-corrected chi connectivity index (χ2v) is 4.90. The van der Waals surface area contributed by atoms with Crippen molar-refractivity contribution < 1.29 is 14.3 Å². The molecule has 1 atom stereocenters. The van der Waals surface area contributed by atoms with Crippen molar-refractivity contribution in [3.05, 3.63) is 60.7 Å². The lowest BCUT2D eigenvalue weighted by atomic mass is 10.2. The summed E-state index contributed by atoms with van der Waals surface area (Å²) < 4.78 is 11.2. The van der Waals surface area contributed by atoms with Crippen molar-refractivity contribution in [1.29, 1.82) is 0 Å². The molecule has 0 saturated carbocycles. The van der Waals surface area contributed by atoms with Crippen LogP contribution < -0.4 is 9.64 Å². The van der Waals surface area contributed by atoms with Crippen molar-refractivity contribution in [2.24, 2.45) is 0 Å². The summed E-state index contributed by atoms with van der Waals surface area (Å²) >= 11 is 0. The monoisotopic (exact) mass is 283 g/mol. The lowest BCUT2D eigenvalue weighted by Crippen LogP contribution is -2.48. The summed E-state index contributed by atoms with van der Waals surface area (Å²) in [6, 6.07) is 19.3. The summed E-state index contributed by atoms with van der Waals surface area (Å²) in [5.74, 6) is 0.793. The van der Waals surface area contributed by atoms with E-state index in [0.29, 0.717) is 13.2 Å². The highest BCUT2D eigenvalue weighted by molar-refractivity contribution is 5.94. The molecule has 0 radical (unpaired) electrons. The van der Waals surface area contributed by atoms with Crippen molar-refractivity contribution >= 4 is 11.6 Å². The fraction of sp³-hybridized carbons (Fsp3) is 0.235. The molecule has 108 valence electrons. The molecule has 2 aromatic carbocycles. The van der Waals surface area contributed by atoms with Gasteiger partial charge in [0.25, 0.3) is 5.91 Å². The van der Waals surface area contributed by atoms with Gasteiger partial charge in [-0.1, -0.05) is 36.4 Å². The molecule has 0 N–H and O–H groups in total. The first-order valence-corrected chi connectivity index (χ1v) is 6.98. The van der Waals surface area contributed by atoms with Crippen molar-refractivity contribution in [1.82, 2.24) is 0 Å². The summed E-state index contributed by atoms with van der Waals surface area (Å²) in [4.78, 5) is 13.7. The Kier molecular flexibility index (Phi) is 4.17. The number of amides is 1. The van der Waals surface area contributed by atoms with E-state index in [1.165, 1.54) is 0 Å². The fourth-order valence-electron chi connectivity index (χ4n) is 2.29. The van der Waals surface area contributed by atoms with Crippen LogP contribution in [0.4, 0.5) is 5.69 Å². The van der Waals surface area contributed by atoms with Crippen molar-refractivity contribution in [2.75, 3.05) is 24.7 Å². The van der Waals surface area contributed by atoms with Gasteiger partial charge in [0.15, 0.2) is 0 Å². The van der Waals surface area contributed by atoms with Crippen molar-refractivity contribution in [3.8, 4) is 5.75 Å². The van der Waals surface area contributed by atoms with E-state index in [4.69, 9.17) is 9.47 Å². The first kappa shape index (κ1) is 13.6. The smallest absolute Gasteiger partial charge is 0.253 e. The molecule has 1 unspecified atom stereocenters. The molecule has 0 spiro atoms. The number of rotatable bonds is 4. The van der Waals surface area contributed by atoms with E-state index in [1.807, 2.05) is 60.7 Å². The molecular formula is C17H17NO3. The van der Waals surface area contributed by atoms with Crippen LogP contribution in [0.1, 0.15) is 0 Å². The van der Waals surface area contributed by atoms with E-state index in [-0.39, 0.29) is 18.6 Å². The Morgan fingerprint density at radius 2 is 1.71 bits per heavy atom. The minimum atomic E-state index is -0.122. The van der Waals surface area contributed by atoms with Crippen LogP contribution in [0, 0.1) is 0 Å². The van der Waals surface area contributed by atoms with Gasteiger partial charge in [-0.05, 0) is 24.3 Å². The van der Waals surface area contributed by atoms with Crippen molar-refractivity contribution in [3.63, 3.8) is 0 Å². The zero-order valence-corrected chi connectivity index (χ0v) is 11.6. The molecular weight excluding hydrogens is 266 g/mol. The minimum absolute atomic E-state index is 0.0165. The maximum absolute atomic E-state index is 12.0. The second kappa shape index (κ2) is 6.41. The van der Waals surface area contributed by atoms with Gasteiger partial charge in [0.2, 0.25) is 0 Å². The quantitative estimate of drug-likeness (QED) is 0.865. The number of benzene rings is 2. The Bertz CT molecular complexity index is 585. The van der Waals surface area contributed by atoms with Crippen LogP contribution in [0.3, 0.4) is 0 Å². The van der Waals surface area contributed by atoms with Gasteiger partial charge in [0.1, 0.15) is 25.1 Å². The number of carbonyl (C=O) groups is 1. The Labute approximate surface area is 123 Å². The van der Waals surface area contributed by atoms with Crippen molar-refractivity contribution in [2.45, 2.75) is 6.10 Å². The topological polar surface area (TPSA) is 38.8 Å². The third kappa shape index (κ3) is 3.41. The van der Waals surface area contributed by atoms with E-state index in [2.05, 4.69) is 0 Å². The van der Waals surface area contributed by atoms with E-state index in [9.17, 15) is 4.79 Å². The first-order valence-electron chi connectivity index (χ1n) is 6.98. The van der Waals surface area contributed by atoms with E-state index < -0.39 is 0 Å². The van der Waals surface area contributed by atoms with E-state index in [0.717, 1.165) is 11.4 Å². The number of hydrogen-bond acceptors (Lipinski definition) is 3. The zero-order valence-electron chi connectivity index (χ0n) is 11.6. The van der Waals surface area contributed by atoms with Gasteiger partial charge in [-0.3, -0.25) is 4.79 Å². The van der Waals surface area contributed by atoms with Gasteiger partial charge in [-0.15, -0.1) is 0 Å². The minimum Gasteiger partial charge on any atom is -0.491 e. The van der Waals surface area contributed by atoms with Gasteiger partial charge in [-0.25, -0.2) is 0 Å². The van der Waals surface area contributed by atoms with Crippen LogP contribution >= 0.6 is 0 Å². The number of nitrogens with zero attached hydrogens (tertiary/aromatic N) is 1. The number of anilines is 1. The molecule has 0 bridgehead atoms. The Hall–Kier alpha value is -2.33. The van der Waals surface area contributed by atoms with Gasteiger partial charge >= 0.3 is 0 Å². The van der Waals surface area contributed by atoms with Crippen LogP contribution in [0.15, 0.2) is 60.7 Å². The molecule has 3 rings (SSSR count). The lowest BCUT2D eigenvalue weighted by Gasteiger charge is -2.32. The predicted molar refractivity (Wildman–Crippen MR) is 80.5 cm³/mol. The third-order valence-electron chi connectivity index (χ3n) is 3.38. The van der Waals surface area contributed by atoms with Gasteiger partial charge in [-0.2, -0.15) is 0 Å². The predicted octanol–water partition coefficient (Wildman–Crippen LogP) is 2.50. The molecule has 0 aromatic heterocycles. The third-order valence-corrected chi connectivity index (χ3v) is 3.38. The van der Waals surface area contributed by atoms with E-state index in [1.54, 1.807) is 4.90 Å². The second-order valence-electron chi connectivity index (χ2n) is 4.90. The van der Waals surface area contributed by atoms with Crippen LogP contribution in [-0.2, 0) is 9.53 Å². The summed E-state index contributed by atoms with van der Waals surface area (Å²) in [6.07, 6.45) is -0.122. The lowest BCUT2D eigenvalue weighted by molar-refractivity contribution is -0.130. The average molecular weight is 283 g/mol. The maximum Gasteiger partial charge on any atom is 0.253 e. The molecule has 1 aliphatic heterocycles. The highest BCUT2D eigenvalue weighted by Crippen LogP contribution is 2.19. The number of morpholine rings is 1. The molecule has 1 amide bonds. The standard InChI is InChI=1S/C17H17NO3/c19-17-13-21-16(12-20-15-9-5-2-6-10-15)11-18(17)14-7-3-1-4-8-14/h1-10,16H,11-13H2. The maximum atomic E-state index is 12.0. The first-order chi connectivity index (χ1) is 10.3. The van der Waals surface area contributed by atoms with Crippen LogP contribution in [0.2, 0.25) is 0 Å². The summed E-state index contributed by atoms with van der Waals surface area (Å²) in [7, 11) is 0.